The minimum atomic E-state index is -0.0804. The number of likely N-dealkylation sites (N-methyl/N-ethyl adjacent to an activating group) is 1. The van der Waals surface area contributed by atoms with Gasteiger partial charge in [0.2, 0.25) is 5.91 Å². The molecule has 0 unspecified atom stereocenters. The van der Waals surface area contributed by atoms with Gasteiger partial charge in [-0.2, -0.15) is 0 Å². The Hall–Kier alpha value is -0.960. The first-order chi connectivity index (χ1) is 9.97. The second-order valence-corrected chi connectivity index (χ2v) is 5.18. The van der Waals surface area contributed by atoms with Gasteiger partial charge in [-0.05, 0) is 19.9 Å². The van der Waals surface area contributed by atoms with Crippen LogP contribution in [0, 0.1) is 0 Å². The minimum absolute atomic E-state index is 0. The smallest absolute Gasteiger partial charge is 0.241 e. The zero-order valence-electron chi connectivity index (χ0n) is 13.5. The van der Waals surface area contributed by atoms with E-state index in [1.54, 1.807) is 0 Å². The molecule has 2 N–H and O–H groups in total. The van der Waals surface area contributed by atoms with Crippen LogP contribution in [0.2, 0.25) is 5.02 Å². The maximum atomic E-state index is 11.5. The molecule has 0 radical (unpaired) electrons. The maximum absolute atomic E-state index is 11.5. The summed E-state index contributed by atoms with van der Waals surface area (Å²) in [6.45, 7) is 6.01. The Morgan fingerprint density at radius 2 is 2.00 bits per heavy atom. The first-order valence-electron chi connectivity index (χ1n) is 7.04. The lowest BCUT2D eigenvalue weighted by Crippen LogP contribution is -2.39. The lowest BCUT2D eigenvalue weighted by Gasteiger charge is -2.22. The van der Waals surface area contributed by atoms with Gasteiger partial charge in [0.25, 0.3) is 0 Å². The van der Waals surface area contributed by atoms with Crippen LogP contribution in [0.3, 0.4) is 0 Å². The standard InChI is InChI=1S/C14H24ClN5O.HI/c1-5-16-13(21)8-18-14(17-6-2)20(4)10-12-7-11(15)9-19(12)3;/h7,9H,5-6,8,10H2,1-4H3,(H,16,21)(H,17,18);1H. The summed E-state index contributed by atoms with van der Waals surface area (Å²) >= 11 is 5.99. The number of nitrogens with one attached hydrogen (secondary N) is 2. The van der Waals surface area contributed by atoms with Crippen LogP contribution < -0.4 is 10.6 Å². The molecular weight excluding hydrogens is 417 g/mol. The number of carbonyl (C=O) groups excluding carboxylic acids is 1. The number of halogens is 2. The Morgan fingerprint density at radius 3 is 2.50 bits per heavy atom. The van der Waals surface area contributed by atoms with Gasteiger partial charge in [-0.15, -0.1) is 24.0 Å². The Labute approximate surface area is 154 Å². The van der Waals surface area contributed by atoms with Crippen LogP contribution in [0.5, 0.6) is 0 Å². The first kappa shape index (κ1) is 21.0. The highest BCUT2D eigenvalue weighted by atomic mass is 127. The number of carbonyl (C=O) groups is 1. The SMILES string of the molecule is CCNC(=O)CN=C(NCC)N(C)Cc1cc(Cl)cn1C.I. The van der Waals surface area contributed by atoms with E-state index in [0.717, 1.165) is 12.2 Å². The van der Waals surface area contributed by atoms with Crippen molar-refractivity contribution in [3.63, 3.8) is 0 Å². The molecular formula is C14H25ClIN5O. The molecule has 0 aliphatic carbocycles. The van der Waals surface area contributed by atoms with Crippen molar-refractivity contribution >= 4 is 47.4 Å². The van der Waals surface area contributed by atoms with Gasteiger partial charge in [0.1, 0.15) is 6.54 Å². The van der Waals surface area contributed by atoms with E-state index in [9.17, 15) is 4.79 Å². The molecule has 0 aromatic carbocycles. The van der Waals surface area contributed by atoms with Crippen LogP contribution in [0.1, 0.15) is 19.5 Å². The lowest BCUT2D eigenvalue weighted by atomic mass is 10.4. The second-order valence-electron chi connectivity index (χ2n) is 4.74. The third-order valence-electron chi connectivity index (χ3n) is 2.92. The van der Waals surface area contributed by atoms with Crippen molar-refractivity contribution in [2.24, 2.45) is 12.0 Å². The predicted molar refractivity (Wildman–Crippen MR) is 102 cm³/mol. The van der Waals surface area contributed by atoms with Gasteiger partial charge in [0.05, 0.1) is 11.6 Å². The average Bonchev–Trinajstić information content (AvgIpc) is 2.73. The largest absolute Gasteiger partial charge is 0.357 e. The molecule has 8 heteroatoms. The molecule has 0 aliphatic heterocycles. The number of aryl methyl sites for hydroxylation is 1. The number of hydrogen-bond donors (Lipinski definition) is 2. The third-order valence-corrected chi connectivity index (χ3v) is 3.12. The highest BCUT2D eigenvalue weighted by molar-refractivity contribution is 14.0. The van der Waals surface area contributed by atoms with Crippen LogP contribution in [0.4, 0.5) is 0 Å². The van der Waals surface area contributed by atoms with Gasteiger partial charge in [-0.1, -0.05) is 11.6 Å². The van der Waals surface area contributed by atoms with Gasteiger partial charge in [-0.3, -0.25) is 4.79 Å². The number of hydrogen-bond acceptors (Lipinski definition) is 2. The Kier molecular flexibility index (Phi) is 10.2. The van der Waals surface area contributed by atoms with E-state index in [-0.39, 0.29) is 36.4 Å². The molecule has 1 aromatic heterocycles. The number of amides is 1. The first-order valence-corrected chi connectivity index (χ1v) is 7.42. The van der Waals surface area contributed by atoms with Gasteiger partial charge in [0, 0.05) is 39.1 Å². The fourth-order valence-electron chi connectivity index (χ4n) is 1.91. The van der Waals surface area contributed by atoms with E-state index in [1.807, 2.05) is 49.7 Å². The summed E-state index contributed by atoms with van der Waals surface area (Å²) in [4.78, 5) is 17.8. The molecule has 126 valence electrons. The van der Waals surface area contributed by atoms with Crippen molar-refractivity contribution in [2.75, 3.05) is 26.7 Å². The molecule has 22 heavy (non-hydrogen) atoms. The summed E-state index contributed by atoms with van der Waals surface area (Å²) in [6.07, 6.45) is 1.86. The quantitative estimate of drug-likeness (QED) is 0.402. The summed E-state index contributed by atoms with van der Waals surface area (Å²) < 4.78 is 1.98. The van der Waals surface area contributed by atoms with Crippen LogP contribution >= 0.6 is 35.6 Å². The number of aliphatic imine (C=N–C) groups is 1. The van der Waals surface area contributed by atoms with E-state index in [4.69, 9.17) is 11.6 Å². The zero-order chi connectivity index (χ0) is 15.8. The van der Waals surface area contributed by atoms with Crippen molar-refractivity contribution < 1.29 is 4.79 Å². The number of nitrogens with zero attached hydrogens (tertiary/aromatic N) is 3. The number of aromatic nitrogens is 1. The fourth-order valence-corrected chi connectivity index (χ4v) is 2.18. The summed E-state index contributed by atoms with van der Waals surface area (Å²) in [5.41, 5.74) is 1.08. The molecule has 1 rings (SSSR count). The monoisotopic (exact) mass is 441 g/mol. The molecule has 1 heterocycles. The van der Waals surface area contributed by atoms with Crippen molar-refractivity contribution in [3.05, 3.63) is 23.0 Å². The fraction of sp³-hybridized carbons (Fsp3) is 0.571. The summed E-state index contributed by atoms with van der Waals surface area (Å²) in [7, 11) is 3.88. The van der Waals surface area contributed by atoms with Gasteiger partial charge in [0.15, 0.2) is 5.96 Å². The molecule has 0 spiro atoms. The van der Waals surface area contributed by atoms with E-state index in [1.165, 1.54) is 0 Å². The maximum Gasteiger partial charge on any atom is 0.241 e. The Bertz CT molecular complexity index is 503. The molecule has 0 fully saturated rings. The van der Waals surface area contributed by atoms with Crippen molar-refractivity contribution in [3.8, 4) is 0 Å². The normalized spacial score (nSPS) is 10.9. The van der Waals surface area contributed by atoms with Gasteiger partial charge < -0.3 is 20.1 Å². The molecule has 0 bridgehead atoms. The van der Waals surface area contributed by atoms with Crippen LogP contribution in [-0.4, -0.2) is 48.0 Å². The predicted octanol–water partition coefficient (Wildman–Crippen LogP) is 1.83. The molecule has 1 aromatic rings. The Morgan fingerprint density at radius 1 is 1.36 bits per heavy atom. The molecule has 0 saturated carbocycles. The molecule has 0 aliphatic rings. The molecule has 6 nitrogen and oxygen atoms in total. The summed E-state index contributed by atoms with van der Waals surface area (Å²) in [5.74, 6) is 0.615. The van der Waals surface area contributed by atoms with E-state index in [2.05, 4.69) is 15.6 Å². The third kappa shape index (κ3) is 6.87. The number of guanidine groups is 1. The molecule has 0 atom stereocenters. The van der Waals surface area contributed by atoms with Crippen LogP contribution in [0.15, 0.2) is 17.3 Å². The van der Waals surface area contributed by atoms with Gasteiger partial charge >= 0.3 is 0 Å². The molecule has 1 amide bonds. The van der Waals surface area contributed by atoms with Crippen LogP contribution in [0.25, 0.3) is 0 Å². The lowest BCUT2D eigenvalue weighted by molar-refractivity contribution is -0.119. The second kappa shape index (κ2) is 10.7. The highest BCUT2D eigenvalue weighted by Crippen LogP contribution is 2.14. The molecule has 0 saturated heterocycles. The zero-order valence-corrected chi connectivity index (χ0v) is 16.6. The van der Waals surface area contributed by atoms with Crippen molar-refractivity contribution in [1.82, 2.24) is 20.1 Å². The van der Waals surface area contributed by atoms with Crippen LogP contribution in [-0.2, 0) is 18.4 Å². The van der Waals surface area contributed by atoms with Crippen molar-refractivity contribution in [2.45, 2.75) is 20.4 Å². The van der Waals surface area contributed by atoms with E-state index in [0.29, 0.717) is 24.1 Å². The number of rotatable bonds is 6. The topological polar surface area (TPSA) is 61.7 Å². The Balaban J connectivity index is 0.00000441. The van der Waals surface area contributed by atoms with Crippen molar-refractivity contribution in [1.29, 1.82) is 0 Å². The van der Waals surface area contributed by atoms with Gasteiger partial charge in [-0.25, -0.2) is 4.99 Å². The minimum Gasteiger partial charge on any atom is -0.357 e. The summed E-state index contributed by atoms with van der Waals surface area (Å²) in [5, 5.41) is 6.62. The van der Waals surface area contributed by atoms with E-state index >= 15 is 0 Å². The average molecular weight is 442 g/mol. The highest BCUT2D eigenvalue weighted by Gasteiger charge is 2.10. The summed E-state index contributed by atoms with van der Waals surface area (Å²) in [6, 6.07) is 1.92. The van der Waals surface area contributed by atoms with E-state index < -0.39 is 0 Å².